The molecular weight excluding hydrogens is 332 g/mol. The van der Waals surface area contributed by atoms with Gasteiger partial charge in [0.05, 0.1) is 6.61 Å². The molecule has 27 heavy (non-hydrogen) atoms. The maximum Gasteiger partial charge on any atom is 0.129 e. The molecule has 2 heteroatoms. The quantitative estimate of drug-likeness (QED) is 0.551. The predicted molar refractivity (Wildman–Crippen MR) is 113 cm³/mol. The summed E-state index contributed by atoms with van der Waals surface area (Å²) in [4.78, 5) is 0. The van der Waals surface area contributed by atoms with Crippen molar-refractivity contribution in [3.8, 4) is 16.9 Å². The third-order valence-corrected chi connectivity index (χ3v) is 5.99. The number of aliphatic hydroxyl groups excluding tert-OH is 1. The summed E-state index contributed by atoms with van der Waals surface area (Å²) in [5, 5.41) is 9.56. The van der Waals surface area contributed by atoms with Crippen molar-refractivity contribution in [3.05, 3.63) is 53.1 Å². The molecule has 0 spiro atoms. The summed E-state index contributed by atoms with van der Waals surface area (Å²) >= 11 is 0. The zero-order chi connectivity index (χ0) is 19.7. The molecule has 2 aromatic rings. The molecule has 0 saturated carbocycles. The first kappa shape index (κ1) is 19.9. The smallest absolute Gasteiger partial charge is 0.129 e. The van der Waals surface area contributed by atoms with E-state index in [4.69, 9.17) is 4.74 Å². The Morgan fingerprint density at radius 1 is 0.963 bits per heavy atom. The molecule has 0 fully saturated rings. The van der Waals surface area contributed by atoms with Gasteiger partial charge in [0.25, 0.3) is 0 Å². The van der Waals surface area contributed by atoms with Crippen LogP contribution in [0.3, 0.4) is 0 Å². The molecule has 0 bridgehead atoms. The van der Waals surface area contributed by atoms with Crippen molar-refractivity contribution in [2.75, 3.05) is 0 Å². The SMILES string of the molecule is CCCCCCC(C)(C)c1ccc2c(c1)OC(C)(C)c1ccc(CO)cc1-2. The van der Waals surface area contributed by atoms with E-state index >= 15 is 0 Å². The maximum atomic E-state index is 9.56. The number of hydrogen-bond donors (Lipinski definition) is 1. The standard InChI is InChI=1S/C25H34O2/c1-6-7-8-9-14-24(2,3)19-11-12-20-21-15-18(17-26)10-13-22(21)25(4,5)27-23(20)16-19/h10-13,15-16,26H,6-9,14,17H2,1-5H3. The number of rotatable bonds is 7. The van der Waals surface area contributed by atoms with Crippen molar-refractivity contribution in [1.29, 1.82) is 0 Å². The number of ether oxygens (including phenoxy) is 1. The van der Waals surface area contributed by atoms with Gasteiger partial charge in [-0.3, -0.25) is 0 Å². The monoisotopic (exact) mass is 366 g/mol. The zero-order valence-corrected chi connectivity index (χ0v) is 17.6. The van der Waals surface area contributed by atoms with E-state index in [0.29, 0.717) is 0 Å². The second kappa shape index (κ2) is 7.67. The Kier molecular flexibility index (Phi) is 5.67. The third-order valence-electron chi connectivity index (χ3n) is 5.99. The molecule has 1 heterocycles. The van der Waals surface area contributed by atoms with Crippen molar-refractivity contribution in [1.82, 2.24) is 0 Å². The van der Waals surface area contributed by atoms with Crippen LogP contribution in [0, 0.1) is 0 Å². The summed E-state index contributed by atoms with van der Waals surface area (Å²) in [6.07, 6.45) is 6.37. The Bertz CT molecular complexity index is 802. The summed E-state index contributed by atoms with van der Waals surface area (Å²) in [7, 11) is 0. The average molecular weight is 367 g/mol. The lowest BCUT2D eigenvalue weighted by atomic mass is 9.78. The van der Waals surface area contributed by atoms with Gasteiger partial charge < -0.3 is 9.84 Å². The van der Waals surface area contributed by atoms with E-state index in [0.717, 1.165) is 16.9 Å². The molecule has 1 N–H and O–H groups in total. The minimum atomic E-state index is -0.375. The minimum Gasteiger partial charge on any atom is -0.482 e. The summed E-state index contributed by atoms with van der Waals surface area (Å²) in [5.41, 5.74) is 5.54. The molecule has 0 amide bonds. The van der Waals surface area contributed by atoms with Gasteiger partial charge in [0.1, 0.15) is 11.4 Å². The molecule has 0 saturated heterocycles. The largest absolute Gasteiger partial charge is 0.482 e. The molecule has 0 aromatic heterocycles. The van der Waals surface area contributed by atoms with Crippen molar-refractivity contribution < 1.29 is 9.84 Å². The second-order valence-corrected chi connectivity index (χ2v) is 9.06. The van der Waals surface area contributed by atoms with Crippen molar-refractivity contribution >= 4 is 0 Å². The van der Waals surface area contributed by atoms with Crippen LogP contribution < -0.4 is 4.74 Å². The van der Waals surface area contributed by atoms with Crippen LogP contribution in [-0.4, -0.2) is 5.11 Å². The molecule has 0 aliphatic carbocycles. The van der Waals surface area contributed by atoms with Crippen LogP contribution >= 0.6 is 0 Å². The molecular formula is C25H34O2. The highest BCUT2D eigenvalue weighted by Gasteiger charge is 2.33. The van der Waals surface area contributed by atoms with Crippen LogP contribution in [0.4, 0.5) is 0 Å². The fraction of sp³-hybridized carbons (Fsp3) is 0.520. The van der Waals surface area contributed by atoms with Gasteiger partial charge >= 0.3 is 0 Å². The van der Waals surface area contributed by atoms with Gasteiger partial charge in [-0.1, -0.05) is 70.7 Å². The number of fused-ring (bicyclic) bond motifs is 3. The maximum absolute atomic E-state index is 9.56. The van der Waals surface area contributed by atoms with Gasteiger partial charge in [0.2, 0.25) is 0 Å². The van der Waals surface area contributed by atoms with Crippen molar-refractivity contribution in [2.45, 2.75) is 84.3 Å². The van der Waals surface area contributed by atoms with Crippen molar-refractivity contribution in [2.24, 2.45) is 0 Å². The number of benzene rings is 2. The molecule has 1 aliphatic heterocycles. The van der Waals surface area contributed by atoms with E-state index in [-0.39, 0.29) is 17.6 Å². The Hall–Kier alpha value is -1.80. The third kappa shape index (κ3) is 4.06. The van der Waals surface area contributed by atoms with Crippen LogP contribution in [0.15, 0.2) is 36.4 Å². The molecule has 2 aromatic carbocycles. The Labute approximate surface area is 164 Å². The van der Waals surface area contributed by atoms with Crippen LogP contribution in [0.25, 0.3) is 11.1 Å². The van der Waals surface area contributed by atoms with E-state index in [1.54, 1.807) is 0 Å². The lowest BCUT2D eigenvalue weighted by molar-refractivity contribution is 0.105. The Morgan fingerprint density at radius 2 is 1.74 bits per heavy atom. The number of unbranched alkanes of at least 4 members (excludes halogenated alkanes) is 3. The van der Waals surface area contributed by atoms with E-state index in [1.165, 1.54) is 48.8 Å². The summed E-state index contributed by atoms with van der Waals surface area (Å²) < 4.78 is 6.44. The fourth-order valence-corrected chi connectivity index (χ4v) is 4.16. The van der Waals surface area contributed by atoms with E-state index < -0.39 is 0 Å². The van der Waals surface area contributed by atoms with Gasteiger partial charge in [-0.25, -0.2) is 0 Å². The first-order valence-electron chi connectivity index (χ1n) is 10.4. The van der Waals surface area contributed by atoms with Crippen LogP contribution in [0.1, 0.15) is 83.4 Å². The lowest BCUT2D eigenvalue weighted by Gasteiger charge is -2.36. The Morgan fingerprint density at radius 3 is 2.44 bits per heavy atom. The van der Waals surface area contributed by atoms with Gasteiger partial charge in [-0.05, 0) is 54.5 Å². The fourth-order valence-electron chi connectivity index (χ4n) is 4.16. The van der Waals surface area contributed by atoms with Crippen LogP contribution in [0.2, 0.25) is 0 Å². The highest BCUT2D eigenvalue weighted by Crippen LogP contribution is 2.47. The van der Waals surface area contributed by atoms with Crippen molar-refractivity contribution in [3.63, 3.8) is 0 Å². The highest BCUT2D eigenvalue weighted by molar-refractivity contribution is 5.77. The molecule has 146 valence electrons. The molecule has 0 radical (unpaired) electrons. The van der Waals surface area contributed by atoms with Gasteiger partial charge in [-0.15, -0.1) is 0 Å². The van der Waals surface area contributed by atoms with Gasteiger partial charge in [-0.2, -0.15) is 0 Å². The molecule has 1 aliphatic rings. The predicted octanol–water partition coefficient (Wildman–Crippen LogP) is 6.72. The first-order valence-corrected chi connectivity index (χ1v) is 10.4. The lowest BCUT2D eigenvalue weighted by Crippen LogP contribution is -2.30. The molecule has 0 unspecified atom stereocenters. The first-order chi connectivity index (χ1) is 12.8. The molecule has 0 atom stereocenters. The molecule has 3 rings (SSSR count). The number of aliphatic hydroxyl groups is 1. The topological polar surface area (TPSA) is 29.5 Å². The molecule has 2 nitrogen and oxygen atoms in total. The van der Waals surface area contributed by atoms with E-state index in [1.807, 2.05) is 6.07 Å². The Balaban J connectivity index is 1.95. The van der Waals surface area contributed by atoms with Gasteiger partial charge in [0.15, 0.2) is 0 Å². The summed E-state index contributed by atoms with van der Waals surface area (Å²) in [5.74, 6) is 0.960. The summed E-state index contributed by atoms with van der Waals surface area (Å²) in [6.45, 7) is 11.2. The second-order valence-electron chi connectivity index (χ2n) is 9.06. The van der Waals surface area contributed by atoms with Gasteiger partial charge in [0, 0.05) is 11.1 Å². The minimum absolute atomic E-state index is 0.0623. The highest BCUT2D eigenvalue weighted by atomic mass is 16.5. The average Bonchev–Trinajstić information content (AvgIpc) is 2.64. The summed E-state index contributed by atoms with van der Waals surface area (Å²) in [6, 6.07) is 12.9. The van der Waals surface area contributed by atoms with Crippen LogP contribution in [0.5, 0.6) is 5.75 Å². The van der Waals surface area contributed by atoms with E-state index in [2.05, 4.69) is 65.0 Å². The number of hydrogen-bond acceptors (Lipinski definition) is 2. The van der Waals surface area contributed by atoms with Crippen LogP contribution in [-0.2, 0) is 17.6 Å². The zero-order valence-electron chi connectivity index (χ0n) is 17.6. The normalized spacial score (nSPS) is 15.0. The van der Waals surface area contributed by atoms with E-state index in [9.17, 15) is 5.11 Å².